The van der Waals surface area contributed by atoms with Crippen LogP contribution < -0.4 is 14.2 Å². The molecule has 0 bridgehead atoms. The van der Waals surface area contributed by atoms with E-state index in [0.29, 0.717) is 29.7 Å². The van der Waals surface area contributed by atoms with Crippen LogP contribution in [0, 0.1) is 0 Å². The van der Waals surface area contributed by atoms with Crippen molar-refractivity contribution in [2.45, 2.75) is 24.5 Å². The minimum atomic E-state index is -4.70. The summed E-state index contributed by atoms with van der Waals surface area (Å²) in [6.07, 6.45) is -4.70. The van der Waals surface area contributed by atoms with Crippen molar-refractivity contribution in [1.29, 1.82) is 0 Å². The third kappa shape index (κ3) is 7.86. The van der Waals surface area contributed by atoms with E-state index < -0.39 is 32.8 Å². The van der Waals surface area contributed by atoms with Crippen molar-refractivity contribution in [3.05, 3.63) is 83.9 Å². The summed E-state index contributed by atoms with van der Waals surface area (Å²) < 4.78 is 79.6. The predicted molar refractivity (Wildman–Crippen MR) is 135 cm³/mol. The Hall–Kier alpha value is -3.77. The van der Waals surface area contributed by atoms with Crippen LogP contribution in [0.1, 0.15) is 18.1 Å². The number of rotatable bonds is 11. The zero-order valence-corrected chi connectivity index (χ0v) is 21.5. The number of halogens is 3. The molecule has 0 spiro atoms. The lowest BCUT2D eigenvalue weighted by atomic mass is 10.2. The van der Waals surface area contributed by atoms with Crippen molar-refractivity contribution in [1.82, 2.24) is 4.90 Å². The third-order valence-corrected chi connectivity index (χ3v) is 6.48. The summed E-state index contributed by atoms with van der Waals surface area (Å²) in [4.78, 5) is 13.9. The average Bonchev–Trinajstić information content (AvgIpc) is 2.88. The lowest BCUT2D eigenvalue weighted by Gasteiger charge is -2.23. The monoisotopic (exact) mass is 552 g/mol. The summed E-state index contributed by atoms with van der Waals surface area (Å²) >= 11 is 0. The Bertz CT molecular complexity index is 1330. The van der Waals surface area contributed by atoms with Crippen LogP contribution in [0.15, 0.2) is 77.7 Å². The smallest absolute Gasteiger partial charge is 0.416 e. The Balaban J connectivity index is 1.72. The van der Waals surface area contributed by atoms with Gasteiger partial charge in [0.05, 0.1) is 24.5 Å². The van der Waals surface area contributed by atoms with E-state index in [1.165, 1.54) is 24.1 Å². The van der Waals surface area contributed by atoms with Gasteiger partial charge in [0.25, 0.3) is 0 Å². The van der Waals surface area contributed by atoms with Gasteiger partial charge in [0.15, 0.2) is 0 Å². The number of nitrogens with one attached hydrogen (secondary N) is 1. The lowest BCUT2D eigenvalue weighted by Crippen LogP contribution is -2.37. The Morgan fingerprint density at radius 2 is 1.71 bits per heavy atom. The maximum atomic E-state index is 13.0. The van der Waals surface area contributed by atoms with E-state index in [2.05, 4.69) is 5.32 Å². The number of nitrogens with zero attached hydrogens (tertiary/aromatic N) is 1. The molecule has 38 heavy (non-hydrogen) atoms. The maximum Gasteiger partial charge on any atom is 0.416 e. The van der Waals surface area contributed by atoms with Crippen LogP contribution in [0.4, 0.5) is 23.7 Å². The highest BCUT2D eigenvalue weighted by Gasteiger charge is 2.32. The number of benzene rings is 3. The summed E-state index contributed by atoms with van der Waals surface area (Å²) in [6, 6.07) is 15.7. The SMILES string of the molecule is CCOc1ccccc1NC(=O)N(CCOC)Cc1ccc(OS(=O)(=O)c2cccc(C(F)(F)F)c2)cc1. The van der Waals surface area contributed by atoms with Crippen molar-refractivity contribution in [3.8, 4) is 11.5 Å². The van der Waals surface area contributed by atoms with Gasteiger partial charge < -0.3 is 23.9 Å². The van der Waals surface area contributed by atoms with Gasteiger partial charge in [-0.15, -0.1) is 0 Å². The van der Waals surface area contributed by atoms with E-state index in [4.69, 9.17) is 13.7 Å². The molecule has 12 heteroatoms. The van der Waals surface area contributed by atoms with Gasteiger partial charge in [-0.2, -0.15) is 21.6 Å². The topological polar surface area (TPSA) is 94.2 Å². The molecule has 3 aromatic carbocycles. The Morgan fingerprint density at radius 3 is 2.37 bits per heavy atom. The molecule has 1 N–H and O–H groups in total. The lowest BCUT2D eigenvalue weighted by molar-refractivity contribution is -0.137. The molecule has 0 aromatic heterocycles. The van der Waals surface area contributed by atoms with Gasteiger partial charge in [-0.25, -0.2) is 4.79 Å². The fourth-order valence-electron chi connectivity index (χ4n) is 3.37. The van der Waals surface area contributed by atoms with Crippen LogP contribution in [0.5, 0.6) is 11.5 Å². The molecule has 0 heterocycles. The largest absolute Gasteiger partial charge is 0.492 e. The predicted octanol–water partition coefficient (Wildman–Crippen LogP) is 5.55. The second-order valence-corrected chi connectivity index (χ2v) is 9.53. The molecule has 0 aliphatic carbocycles. The van der Waals surface area contributed by atoms with E-state index in [9.17, 15) is 26.4 Å². The van der Waals surface area contributed by atoms with Crippen molar-refractivity contribution in [2.24, 2.45) is 0 Å². The first-order valence-electron chi connectivity index (χ1n) is 11.5. The first-order valence-corrected chi connectivity index (χ1v) is 12.9. The number of urea groups is 1. The second-order valence-electron chi connectivity index (χ2n) is 7.98. The van der Waals surface area contributed by atoms with Crippen LogP contribution in [0.25, 0.3) is 0 Å². The number of amides is 2. The minimum Gasteiger partial charge on any atom is -0.492 e. The van der Waals surface area contributed by atoms with E-state index in [1.807, 2.05) is 6.92 Å². The Labute approximate surface area is 219 Å². The molecule has 0 radical (unpaired) electrons. The molecule has 0 saturated heterocycles. The molecule has 0 unspecified atom stereocenters. The first-order chi connectivity index (χ1) is 18.0. The van der Waals surface area contributed by atoms with Crippen molar-refractivity contribution >= 4 is 21.8 Å². The molecule has 204 valence electrons. The fourth-order valence-corrected chi connectivity index (χ4v) is 4.35. The van der Waals surface area contributed by atoms with Gasteiger partial charge in [0.1, 0.15) is 16.4 Å². The van der Waals surface area contributed by atoms with Gasteiger partial charge in [-0.1, -0.05) is 30.3 Å². The van der Waals surface area contributed by atoms with Crippen LogP contribution >= 0.6 is 0 Å². The zero-order chi connectivity index (χ0) is 27.8. The summed E-state index contributed by atoms with van der Waals surface area (Å²) in [5, 5.41) is 2.82. The number of hydrogen-bond acceptors (Lipinski definition) is 6. The highest BCUT2D eigenvalue weighted by atomic mass is 32.2. The molecule has 0 fully saturated rings. The van der Waals surface area contributed by atoms with Gasteiger partial charge in [-0.3, -0.25) is 0 Å². The van der Waals surface area contributed by atoms with E-state index in [1.54, 1.807) is 36.4 Å². The number of ether oxygens (including phenoxy) is 2. The molecule has 0 aliphatic heterocycles. The molecule has 0 atom stereocenters. The summed E-state index contributed by atoms with van der Waals surface area (Å²) in [7, 11) is -2.99. The van der Waals surface area contributed by atoms with Crippen LogP contribution in [0.2, 0.25) is 0 Å². The van der Waals surface area contributed by atoms with Crippen LogP contribution in [0.3, 0.4) is 0 Å². The molecule has 3 aromatic rings. The molecule has 2 amide bonds. The van der Waals surface area contributed by atoms with Gasteiger partial charge in [-0.05, 0) is 55.0 Å². The number of para-hydroxylation sites is 2. The minimum absolute atomic E-state index is 0.0929. The van der Waals surface area contributed by atoms with E-state index in [0.717, 1.165) is 18.2 Å². The van der Waals surface area contributed by atoms with Crippen molar-refractivity contribution in [2.75, 3.05) is 32.2 Å². The van der Waals surface area contributed by atoms with Gasteiger partial charge in [0, 0.05) is 20.2 Å². The highest BCUT2D eigenvalue weighted by molar-refractivity contribution is 7.87. The summed E-state index contributed by atoms with van der Waals surface area (Å²) in [5.41, 5.74) is 0.0549. The van der Waals surface area contributed by atoms with E-state index in [-0.39, 0.29) is 25.4 Å². The number of methoxy groups -OCH3 is 1. The summed E-state index contributed by atoms with van der Waals surface area (Å²) in [6.45, 7) is 2.96. The zero-order valence-electron chi connectivity index (χ0n) is 20.7. The third-order valence-electron chi connectivity index (χ3n) is 5.23. The van der Waals surface area contributed by atoms with Crippen LogP contribution in [-0.4, -0.2) is 46.2 Å². The normalized spacial score (nSPS) is 11.6. The number of anilines is 1. The Kier molecular flexibility index (Phi) is 9.59. The molecule has 0 saturated carbocycles. The fraction of sp³-hybridized carbons (Fsp3) is 0.269. The highest BCUT2D eigenvalue weighted by Crippen LogP contribution is 2.31. The Morgan fingerprint density at radius 1 is 1.00 bits per heavy atom. The number of carbonyl (C=O) groups excluding carboxylic acids is 1. The molecule has 0 aliphatic rings. The first kappa shape index (κ1) is 28.8. The van der Waals surface area contributed by atoms with Gasteiger partial charge >= 0.3 is 22.3 Å². The maximum absolute atomic E-state index is 13.0. The molecule has 3 rings (SSSR count). The average molecular weight is 553 g/mol. The van der Waals surface area contributed by atoms with E-state index >= 15 is 0 Å². The standard InChI is InChI=1S/C26H27F3N2O6S/c1-3-36-24-10-5-4-9-23(24)30-25(32)31(15-16-35-2)18-19-11-13-21(14-12-19)37-38(33,34)22-8-6-7-20(17-22)26(27,28)29/h4-14,17H,3,15-16,18H2,1-2H3,(H,30,32). The second kappa shape index (κ2) is 12.7. The molecular formula is C26H27F3N2O6S. The number of alkyl halides is 3. The molecule has 8 nitrogen and oxygen atoms in total. The number of hydrogen-bond donors (Lipinski definition) is 1. The summed E-state index contributed by atoms with van der Waals surface area (Å²) in [5.74, 6) is 0.434. The van der Waals surface area contributed by atoms with Gasteiger partial charge in [0.2, 0.25) is 0 Å². The van der Waals surface area contributed by atoms with Crippen molar-refractivity contribution < 1.29 is 40.0 Å². The quantitative estimate of drug-likeness (QED) is 0.314. The number of carbonyl (C=O) groups is 1. The van der Waals surface area contributed by atoms with Crippen molar-refractivity contribution in [3.63, 3.8) is 0 Å². The van der Waals surface area contributed by atoms with Crippen LogP contribution in [-0.2, 0) is 27.6 Å². The molecular weight excluding hydrogens is 525 g/mol.